The van der Waals surface area contributed by atoms with E-state index in [1.54, 1.807) is 24.3 Å². The lowest BCUT2D eigenvalue weighted by Crippen LogP contribution is -2.39. The molecule has 5 N–H and O–H groups in total. The third-order valence-corrected chi connectivity index (χ3v) is 2.41. The smallest absolute Gasteiger partial charge is 0.264 e. The molecular formula is C13H12N5O2+. The molecule has 0 aliphatic heterocycles. The van der Waals surface area contributed by atoms with Crippen LogP contribution in [0.1, 0.15) is 5.69 Å². The van der Waals surface area contributed by atoms with Crippen molar-refractivity contribution in [2.75, 3.05) is 0 Å². The number of rotatable bonds is 4. The fourth-order valence-corrected chi connectivity index (χ4v) is 1.48. The van der Waals surface area contributed by atoms with Crippen molar-refractivity contribution in [1.29, 1.82) is 0 Å². The maximum atomic E-state index is 11.0. The number of nitrogens with zero attached hydrogens (tertiary/aromatic N) is 2. The van der Waals surface area contributed by atoms with E-state index >= 15 is 0 Å². The van der Waals surface area contributed by atoms with Crippen LogP contribution < -0.4 is 16.7 Å². The van der Waals surface area contributed by atoms with E-state index in [4.69, 9.17) is 11.1 Å². The second kappa shape index (κ2) is 5.70. The standard InChI is InChI=1S/C13H11N5O2/c14-8(4-6-12(15)19)9-2-1-3-10(16-9)11-5-7-13(20)18-17-11/h1-7,14H,(H2,15,19)(H,18,20)/p+1/b6-4-,14-8?. The topological polar surface area (TPSA) is 127 Å². The van der Waals surface area contributed by atoms with Crippen molar-refractivity contribution >= 4 is 11.6 Å². The molecule has 2 heterocycles. The molecule has 0 bridgehead atoms. The first-order chi connectivity index (χ1) is 9.56. The molecule has 0 saturated heterocycles. The van der Waals surface area contributed by atoms with Gasteiger partial charge in [0.2, 0.25) is 11.6 Å². The molecule has 20 heavy (non-hydrogen) atoms. The van der Waals surface area contributed by atoms with Crippen LogP contribution in [0.4, 0.5) is 0 Å². The number of nitrogens with one attached hydrogen (secondary N) is 1. The lowest BCUT2D eigenvalue weighted by atomic mass is 10.2. The molecule has 0 radical (unpaired) electrons. The van der Waals surface area contributed by atoms with E-state index in [0.717, 1.165) is 6.08 Å². The lowest BCUT2D eigenvalue weighted by Gasteiger charge is -2.00. The average molecular weight is 270 g/mol. The van der Waals surface area contributed by atoms with E-state index in [1.165, 1.54) is 12.1 Å². The molecule has 7 nitrogen and oxygen atoms in total. The number of hydrogen-bond acceptors (Lipinski definition) is 4. The van der Waals surface area contributed by atoms with E-state index in [0.29, 0.717) is 22.8 Å². The van der Waals surface area contributed by atoms with Crippen molar-refractivity contribution in [2.45, 2.75) is 0 Å². The Morgan fingerprint density at radius 2 is 2.00 bits per heavy atom. The van der Waals surface area contributed by atoms with Gasteiger partial charge in [-0.25, -0.2) is 10.1 Å². The number of primary amides is 1. The zero-order valence-electron chi connectivity index (χ0n) is 10.4. The fourth-order valence-electron chi connectivity index (χ4n) is 1.48. The molecule has 2 rings (SSSR count). The Bertz CT molecular complexity index is 728. The van der Waals surface area contributed by atoms with Gasteiger partial charge in [-0.15, -0.1) is 0 Å². The first-order valence-electron chi connectivity index (χ1n) is 5.70. The minimum Gasteiger partial charge on any atom is -0.366 e. The molecule has 100 valence electrons. The van der Waals surface area contributed by atoms with E-state index in [2.05, 4.69) is 15.2 Å². The predicted octanol–water partition coefficient (Wildman–Crippen LogP) is -1.58. The molecule has 2 aromatic heterocycles. The van der Waals surface area contributed by atoms with Gasteiger partial charge >= 0.3 is 0 Å². The summed E-state index contributed by atoms with van der Waals surface area (Å²) >= 11 is 0. The minimum absolute atomic E-state index is 0.291. The number of aromatic amines is 1. The van der Waals surface area contributed by atoms with Crippen LogP contribution in [0.25, 0.3) is 11.4 Å². The van der Waals surface area contributed by atoms with E-state index in [-0.39, 0.29) is 5.56 Å². The monoisotopic (exact) mass is 270 g/mol. The van der Waals surface area contributed by atoms with Crippen molar-refractivity contribution < 1.29 is 10.2 Å². The summed E-state index contributed by atoms with van der Waals surface area (Å²) in [5, 5.41) is 12.0. The fraction of sp³-hybridized carbons (Fsp3) is 0. The number of carbonyl (C=O) groups excluding carboxylic acids is 1. The first kappa shape index (κ1) is 13.3. The summed E-state index contributed by atoms with van der Waals surface area (Å²) in [7, 11) is 0. The van der Waals surface area contributed by atoms with Crippen molar-refractivity contribution in [3.8, 4) is 11.4 Å². The molecule has 7 heteroatoms. The van der Waals surface area contributed by atoms with Gasteiger partial charge in [0.1, 0.15) is 11.4 Å². The molecule has 0 aliphatic carbocycles. The van der Waals surface area contributed by atoms with Crippen LogP contribution in [0.3, 0.4) is 0 Å². The highest BCUT2D eigenvalue weighted by Gasteiger charge is 2.08. The van der Waals surface area contributed by atoms with Crippen molar-refractivity contribution in [3.05, 3.63) is 58.5 Å². The Kier molecular flexibility index (Phi) is 3.80. The summed E-state index contributed by atoms with van der Waals surface area (Å²) in [6.45, 7) is 0. The average Bonchev–Trinajstić information content (AvgIpc) is 2.45. The van der Waals surface area contributed by atoms with Gasteiger partial charge in [0, 0.05) is 18.2 Å². The third kappa shape index (κ3) is 3.22. The summed E-state index contributed by atoms with van der Waals surface area (Å²) in [6.07, 6.45) is 2.54. The Balaban J connectivity index is 2.32. The van der Waals surface area contributed by atoms with Crippen molar-refractivity contribution in [1.82, 2.24) is 15.2 Å². The van der Waals surface area contributed by atoms with Crippen LogP contribution in [0, 0.1) is 0 Å². The minimum atomic E-state index is -0.591. The summed E-state index contributed by atoms with van der Waals surface area (Å²) in [6, 6.07) is 8.08. The number of nitrogens with two attached hydrogens (primary N) is 2. The van der Waals surface area contributed by atoms with Crippen LogP contribution in [0.15, 0.2) is 47.3 Å². The van der Waals surface area contributed by atoms with Crippen LogP contribution in [0.5, 0.6) is 0 Å². The molecule has 0 fully saturated rings. The quantitative estimate of drug-likeness (QED) is 0.457. The van der Waals surface area contributed by atoms with E-state index in [9.17, 15) is 9.59 Å². The zero-order valence-corrected chi connectivity index (χ0v) is 10.4. The Morgan fingerprint density at radius 1 is 1.20 bits per heavy atom. The molecule has 2 aromatic rings. The molecule has 0 aliphatic rings. The Morgan fingerprint density at radius 3 is 2.65 bits per heavy atom. The van der Waals surface area contributed by atoms with Gasteiger partial charge in [0.05, 0.1) is 5.69 Å². The molecule has 0 aromatic carbocycles. The van der Waals surface area contributed by atoms with Gasteiger partial charge < -0.3 is 5.73 Å². The van der Waals surface area contributed by atoms with Gasteiger partial charge in [-0.05, 0) is 18.2 Å². The summed E-state index contributed by atoms with van der Waals surface area (Å²) in [5.74, 6) is -0.591. The predicted molar refractivity (Wildman–Crippen MR) is 72.5 cm³/mol. The SMILES string of the molecule is NC(=O)/C=C\C(=[NH2+])c1cccc(-c2ccc(=O)[nH]n2)n1. The highest BCUT2D eigenvalue weighted by Crippen LogP contribution is 2.12. The summed E-state index contributed by atoms with van der Waals surface area (Å²) in [5.41, 5.74) is 6.55. The molecular weight excluding hydrogens is 258 g/mol. The molecule has 1 amide bonds. The Hall–Kier alpha value is -3.09. The number of allylic oxidation sites excluding steroid dienone is 1. The summed E-state index contributed by atoms with van der Waals surface area (Å²) in [4.78, 5) is 25.9. The van der Waals surface area contributed by atoms with Gasteiger partial charge in [-0.2, -0.15) is 5.10 Å². The number of amides is 1. The van der Waals surface area contributed by atoms with Crippen molar-refractivity contribution in [3.63, 3.8) is 0 Å². The zero-order chi connectivity index (χ0) is 14.5. The van der Waals surface area contributed by atoms with E-state index < -0.39 is 5.91 Å². The molecule has 0 atom stereocenters. The molecule has 0 saturated carbocycles. The van der Waals surface area contributed by atoms with Crippen LogP contribution >= 0.6 is 0 Å². The summed E-state index contributed by atoms with van der Waals surface area (Å²) < 4.78 is 0. The Labute approximate surface area is 113 Å². The van der Waals surface area contributed by atoms with Crippen LogP contribution in [-0.2, 0) is 4.79 Å². The maximum Gasteiger partial charge on any atom is 0.264 e. The number of H-pyrrole nitrogens is 1. The second-order valence-corrected chi connectivity index (χ2v) is 3.91. The number of hydrogen-bond donors (Lipinski definition) is 3. The maximum absolute atomic E-state index is 11.0. The number of pyridine rings is 1. The third-order valence-electron chi connectivity index (χ3n) is 2.41. The van der Waals surface area contributed by atoms with Gasteiger partial charge in [-0.3, -0.25) is 15.0 Å². The number of aromatic nitrogens is 3. The second-order valence-electron chi connectivity index (χ2n) is 3.91. The number of carbonyl (C=O) groups is 1. The highest BCUT2D eigenvalue weighted by molar-refractivity contribution is 6.06. The molecule has 0 spiro atoms. The van der Waals surface area contributed by atoms with E-state index in [1.807, 2.05) is 0 Å². The van der Waals surface area contributed by atoms with Gasteiger partial charge in [-0.1, -0.05) is 6.07 Å². The van der Waals surface area contributed by atoms with Crippen molar-refractivity contribution in [2.24, 2.45) is 5.73 Å². The molecule has 0 unspecified atom stereocenters. The van der Waals surface area contributed by atoms with Gasteiger partial charge in [0.25, 0.3) is 5.56 Å². The highest BCUT2D eigenvalue weighted by atomic mass is 16.1. The lowest BCUT2D eigenvalue weighted by molar-refractivity contribution is -0.114. The largest absolute Gasteiger partial charge is 0.366 e. The normalized spacial score (nSPS) is 10.6. The van der Waals surface area contributed by atoms with Crippen LogP contribution in [0.2, 0.25) is 0 Å². The van der Waals surface area contributed by atoms with Gasteiger partial charge in [0.15, 0.2) is 0 Å². The van der Waals surface area contributed by atoms with Crippen LogP contribution in [-0.4, -0.2) is 26.8 Å². The first-order valence-corrected chi connectivity index (χ1v) is 5.70.